The highest BCUT2D eigenvalue weighted by Crippen LogP contribution is 2.21. The van der Waals surface area contributed by atoms with Crippen LogP contribution in [0.2, 0.25) is 0 Å². The molecule has 0 aromatic carbocycles. The van der Waals surface area contributed by atoms with E-state index in [2.05, 4.69) is 10.4 Å². The Bertz CT molecular complexity index is 495. The van der Waals surface area contributed by atoms with Gasteiger partial charge in [-0.3, -0.25) is 9.48 Å². The zero-order chi connectivity index (χ0) is 16.2. The Morgan fingerprint density at radius 1 is 1.48 bits per heavy atom. The quantitative estimate of drug-likeness (QED) is 0.758. The molecule has 0 saturated heterocycles. The number of alkyl halides is 1. The largest absolute Gasteiger partial charge is 0.393 e. The first-order valence-electron chi connectivity index (χ1n) is 7.24. The lowest BCUT2D eigenvalue weighted by molar-refractivity contribution is 0.0900. The summed E-state index contributed by atoms with van der Waals surface area (Å²) in [5.74, 6) is 0.342. The zero-order valence-electron chi connectivity index (χ0n) is 13.5. The van der Waals surface area contributed by atoms with E-state index >= 15 is 0 Å². The molecule has 2 N–H and O–H groups in total. The van der Waals surface area contributed by atoms with E-state index in [0.29, 0.717) is 36.6 Å². The number of hydrogen-bond acceptors (Lipinski definition) is 3. The van der Waals surface area contributed by atoms with Gasteiger partial charge in [0, 0.05) is 18.1 Å². The third-order valence-corrected chi connectivity index (χ3v) is 3.65. The van der Waals surface area contributed by atoms with Crippen LogP contribution in [0.5, 0.6) is 0 Å². The van der Waals surface area contributed by atoms with Gasteiger partial charge in [0.2, 0.25) is 0 Å². The van der Waals surface area contributed by atoms with E-state index in [9.17, 15) is 9.90 Å². The Hall–Kier alpha value is -1.07. The zero-order valence-corrected chi connectivity index (χ0v) is 14.3. The molecule has 1 amide bonds. The van der Waals surface area contributed by atoms with Crippen LogP contribution < -0.4 is 5.32 Å². The number of aryl methyl sites for hydroxylation is 2. The highest BCUT2D eigenvalue weighted by molar-refractivity contribution is 6.17. The molecular formula is C15H26ClN3O2. The van der Waals surface area contributed by atoms with Gasteiger partial charge < -0.3 is 10.4 Å². The van der Waals surface area contributed by atoms with Crippen molar-refractivity contribution in [1.82, 2.24) is 15.1 Å². The predicted octanol–water partition coefficient (Wildman–Crippen LogP) is 2.27. The molecule has 1 heterocycles. The number of aromatic nitrogens is 2. The minimum Gasteiger partial charge on any atom is -0.393 e. The second-order valence-corrected chi connectivity index (χ2v) is 6.74. The number of carbonyl (C=O) groups excluding carboxylic acids is 1. The third-order valence-electron chi connectivity index (χ3n) is 3.48. The smallest absolute Gasteiger partial charge is 0.255 e. The Morgan fingerprint density at radius 2 is 2.10 bits per heavy atom. The van der Waals surface area contributed by atoms with Gasteiger partial charge in [-0.2, -0.15) is 5.10 Å². The van der Waals surface area contributed by atoms with Crippen LogP contribution >= 0.6 is 11.6 Å². The van der Waals surface area contributed by atoms with Crippen molar-refractivity contribution in [3.8, 4) is 0 Å². The van der Waals surface area contributed by atoms with E-state index < -0.39 is 0 Å². The number of amides is 1. The van der Waals surface area contributed by atoms with Gasteiger partial charge in [-0.15, -0.1) is 11.6 Å². The summed E-state index contributed by atoms with van der Waals surface area (Å²) in [4.78, 5) is 12.4. The van der Waals surface area contributed by atoms with Crippen LogP contribution in [0.3, 0.4) is 0 Å². The minimum atomic E-state index is -0.383. The molecular weight excluding hydrogens is 290 g/mol. The Balaban J connectivity index is 2.77. The maximum absolute atomic E-state index is 12.4. The lowest BCUT2D eigenvalue weighted by Gasteiger charge is -2.26. The summed E-state index contributed by atoms with van der Waals surface area (Å²) in [7, 11) is 0. The van der Waals surface area contributed by atoms with Gasteiger partial charge >= 0.3 is 0 Å². The standard InChI is InChI=1S/C15H26ClN3O2/c1-10(20)8-15(4,5)9-17-14(21)13-11(2)18-19(7-6-16)12(13)3/h10,20H,6-9H2,1-5H3,(H,17,21). The van der Waals surface area contributed by atoms with Crippen molar-refractivity contribution in [1.29, 1.82) is 0 Å². The molecule has 1 aromatic heterocycles. The third kappa shape index (κ3) is 5.00. The van der Waals surface area contributed by atoms with Crippen LogP contribution in [-0.2, 0) is 6.54 Å². The number of hydrogen-bond donors (Lipinski definition) is 2. The molecule has 0 spiro atoms. The average Bonchev–Trinajstić information content (AvgIpc) is 2.61. The summed E-state index contributed by atoms with van der Waals surface area (Å²) in [6, 6.07) is 0. The summed E-state index contributed by atoms with van der Waals surface area (Å²) in [6.45, 7) is 10.6. The second kappa shape index (κ2) is 7.27. The average molecular weight is 316 g/mol. The van der Waals surface area contributed by atoms with Crippen molar-refractivity contribution >= 4 is 17.5 Å². The SMILES string of the molecule is Cc1nn(CCCl)c(C)c1C(=O)NCC(C)(C)CC(C)O. The first-order chi connectivity index (χ1) is 9.68. The van der Waals surface area contributed by atoms with Gasteiger partial charge in [-0.25, -0.2) is 0 Å². The maximum atomic E-state index is 12.4. The molecule has 0 fully saturated rings. The van der Waals surface area contributed by atoms with Crippen LogP contribution in [-0.4, -0.2) is 39.3 Å². The summed E-state index contributed by atoms with van der Waals surface area (Å²) in [6.07, 6.45) is 0.253. The number of aliphatic hydroxyl groups excluding tert-OH is 1. The van der Waals surface area contributed by atoms with E-state index in [-0.39, 0.29) is 17.4 Å². The molecule has 1 aromatic rings. The molecule has 6 heteroatoms. The lowest BCUT2D eigenvalue weighted by atomic mass is 9.87. The van der Waals surface area contributed by atoms with Crippen molar-refractivity contribution < 1.29 is 9.90 Å². The van der Waals surface area contributed by atoms with Gasteiger partial charge in [0.05, 0.1) is 23.9 Å². The van der Waals surface area contributed by atoms with Crippen LogP contribution in [0.1, 0.15) is 48.9 Å². The number of aliphatic hydroxyl groups is 1. The number of nitrogens with one attached hydrogen (secondary N) is 1. The number of halogens is 1. The van der Waals surface area contributed by atoms with E-state index in [1.54, 1.807) is 11.6 Å². The van der Waals surface area contributed by atoms with Gasteiger partial charge in [-0.1, -0.05) is 13.8 Å². The topological polar surface area (TPSA) is 67.2 Å². The molecule has 21 heavy (non-hydrogen) atoms. The highest BCUT2D eigenvalue weighted by atomic mass is 35.5. The molecule has 0 aliphatic heterocycles. The fourth-order valence-corrected chi connectivity index (χ4v) is 2.76. The summed E-state index contributed by atoms with van der Waals surface area (Å²) >= 11 is 5.73. The van der Waals surface area contributed by atoms with Crippen molar-refractivity contribution in [3.63, 3.8) is 0 Å². The molecule has 5 nitrogen and oxygen atoms in total. The lowest BCUT2D eigenvalue weighted by Crippen LogP contribution is -2.36. The molecule has 0 aliphatic rings. The maximum Gasteiger partial charge on any atom is 0.255 e. The van der Waals surface area contributed by atoms with Crippen LogP contribution in [0, 0.1) is 19.3 Å². The van der Waals surface area contributed by atoms with E-state index in [4.69, 9.17) is 11.6 Å². The van der Waals surface area contributed by atoms with E-state index in [1.165, 1.54) is 0 Å². The molecule has 0 radical (unpaired) electrons. The Morgan fingerprint density at radius 3 is 2.62 bits per heavy atom. The Kier molecular flexibility index (Phi) is 6.23. The first kappa shape index (κ1) is 18.0. The van der Waals surface area contributed by atoms with Crippen LogP contribution in [0.4, 0.5) is 0 Å². The minimum absolute atomic E-state index is 0.121. The van der Waals surface area contributed by atoms with Crippen molar-refractivity contribution in [2.75, 3.05) is 12.4 Å². The molecule has 0 aliphatic carbocycles. The molecule has 1 unspecified atom stereocenters. The highest BCUT2D eigenvalue weighted by Gasteiger charge is 2.23. The van der Waals surface area contributed by atoms with Gasteiger partial charge in [0.25, 0.3) is 5.91 Å². The molecule has 0 bridgehead atoms. The van der Waals surface area contributed by atoms with E-state index in [0.717, 1.165) is 5.69 Å². The van der Waals surface area contributed by atoms with Crippen molar-refractivity contribution in [2.45, 2.75) is 53.7 Å². The van der Waals surface area contributed by atoms with E-state index in [1.807, 2.05) is 27.7 Å². The van der Waals surface area contributed by atoms with Crippen LogP contribution in [0.15, 0.2) is 0 Å². The van der Waals surface area contributed by atoms with Crippen molar-refractivity contribution in [3.05, 3.63) is 17.0 Å². The number of carbonyl (C=O) groups is 1. The molecule has 0 saturated carbocycles. The number of nitrogens with zero attached hydrogens (tertiary/aromatic N) is 2. The fourth-order valence-electron chi connectivity index (χ4n) is 2.60. The molecule has 1 atom stereocenters. The predicted molar refractivity (Wildman–Crippen MR) is 84.8 cm³/mol. The van der Waals surface area contributed by atoms with Gasteiger partial charge in [-0.05, 0) is 32.6 Å². The summed E-state index contributed by atoms with van der Waals surface area (Å²) < 4.78 is 1.76. The molecule has 1 rings (SSSR count). The second-order valence-electron chi connectivity index (χ2n) is 6.36. The molecule has 120 valence electrons. The summed E-state index contributed by atoms with van der Waals surface area (Å²) in [5, 5.41) is 16.8. The fraction of sp³-hybridized carbons (Fsp3) is 0.733. The monoisotopic (exact) mass is 315 g/mol. The first-order valence-corrected chi connectivity index (χ1v) is 7.77. The normalized spacial score (nSPS) is 13.3. The van der Waals surface area contributed by atoms with Gasteiger partial charge in [0.1, 0.15) is 0 Å². The number of rotatable bonds is 7. The van der Waals surface area contributed by atoms with Gasteiger partial charge in [0.15, 0.2) is 0 Å². The van der Waals surface area contributed by atoms with Crippen LogP contribution in [0.25, 0.3) is 0 Å². The summed E-state index contributed by atoms with van der Waals surface area (Å²) in [5.41, 5.74) is 2.01. The Labute approximate surface area is 131 Å². The van der Waals surface area contributed by atoms with Crippen molar-refractivity contribution in [2.24, 2.45) is 5.41 Å².